The van der Waals surface area contributed by atoms with Gasteiger partial charge < -0.3 is 14.4 Å². The van der Waals surface area contributed by atoms with Crippen LogP contribution in [0, 0.1) is 11.6 Å². The molecule has 190 valence electrons. The van der Waals surface area contributed by atoms with Crippen molar-refractivity contribution in [2.45, 2.75) is 45.4 Å². The van der Waals surface area contributed by atoms with Gasteiger partial charge in [-0.25, -0.2) is 8.78 Å². The number of carbonyl (C=O) groups is 1. The number of carbonyl (C=O) groups excluding carboxylic acids is 1. The van der Waals surface area contributed by atoms with Crippen LogP contribution >= 0.6 is 0 Å². The Hall–Kier alpha value is -3.60. The van der Waals surface area contributed by atoms with E-state index in [-0.39, 0.29) is 11.5 Å². The molecule has 0 saturated carbocycles. The van der Waals surface area contributed by atoms with Crippen molar-refractivity contribution in [3.63, 3.8) is 0 Å². The van der Waals surface area contributed by atoms with Gasteiger partial charge in [-0.3, -0.25) is 9.69 Å². The van der Waals surface area contributed by atoms with E-state index in [1.165, 1.54) is 10.7 Å². The van der Waals surface area contributed by atoms with Crippen molar-refractivity contribution in [2.75, 3.05) is 26.2 Å². The van der Waals surface area contributed by atoms with Gasteiger partial charge in [-0.2, -0.15) is 4.68 Å². The molecule has 0 aliphatic carbocycles. The Balaban J connectivity index is 1.17. The number of rotatable bonds is 6. The number of aromatic nitrogens is 4. The van der Waals surface area contributed by atoms with Crippen molar-refractivity contribution >= 4 is 5.91 Å². The lowest BCUT2D eigenvalue weighted by molar-refractivity contribution is -0.139. The Morgan fingerprint density at radius 1 is 1.14 bits per heavy atom. The molecule has 1 aromatic heterocycles. The third kappa shape index (κ3) is 4.88. The van der Waals surface area contributed by atoms with Gasteiger partial charge in [-0.1, -0.05) is 12.1 Å². The summed E-state index contributed by atoms with van der Waals surface area (Å²) in [6.45, 7) is 8.49. The Bertz CT molecular complexity index is 1270. The third-order valence-electron chi connectivity index (χ3n) is 6.44. The molecule has 1 saturated heterocycles. The molecule has 2 aromatic carbocycles. The van der Waals surface area contributed by atoms with E-state index in [1.54, 1.807) is 11.8 Å². The first-order valence-electron chi connectivity index (χ1n) is 11.9. The Kier molecular flexibility index (Phi) is 6.33. The number of hydrogen-bond donors (Lipinski definition) is 0. The molecule has 1 fully saturated rings. The second-order valence-corrected chi connectivity index (χ2v) is 9.75. The summed E-state index contributed by atoms with van der Waals surface area (Å²) in [4.78, 5) is 17.0. The van der Waals surface area contributed by atoms with Crippen LogP contribution in [-0.4, -0.2) is 73.8 Å². The average Bonchev–Trinajstić information content (AvgIpc) is 3.44. The predicted octanol–water partition coefficient (Wildman–Crippen LogP) is 2.77. The van der Waals surface area contributed by atoms with Crippen LogP contribution in [0.2, 0.25) is 0 Å². The van der Waals surface area contributed by atoms with E-state index in [0.29, 0.717) is 55.7 Å². The van der Waals surface area contributed by atoms with Crippen LogP contribution in [0.15, 0.2) is 36.4 Å². The number of nitrogens with zero attached hydrogens (tertiary/aromatic N) is 6. The van der Waals surface area contributed by atoms with Crippen molar-refractivity contribution < 1.29 is 23.0 Å². The van der Waals surface area contributed by atoms with Gasteiger partial charge in [0.15, 0.2) is 35.1 Å². The molecule has 5 rings (SSSR count). The second-order valence-electron chi connectivity index (χ2n) is 9.75. The number of para-hydroxylation sites is 1. The van der Waals surface area contributed by atoms with Crippen LogP contribution in [0.25, 0.3) is 5.69 Å². The van der Waals surface area contributed by atoms with Crippen LogP contribution in [0.5, 0.6) is 11.5 Å². The van der Waals surface area contributed by atoms with E-state index in [9.17, 15) is 13.6 Å². The molecule has 1 amide bonds. The average molecular weight is 499 g/mol. The van der Waals surface area contributed by atoms with E-state index in [0.717, 1.165) is 24.1 Å². The molecule has 9 nitrogen and oxygen atoms in total. The highest BCUT2D eigenvalue weighted by Crippen LogP contribution is 2.42. The van der Waals surface area contributed by atoms with E-state index in [2.05, 4.69) is 20.4 Å². The zero-order valence-electron chi connectivity index (χ0n) is 20.4. The van der Waals surface area contributed by atoms with Crippen molar-refractivity contribution in [3.05, 3.63) is 59.4 Å². The van der Waals surface area contributed by atoms with Gasteiger partial charge in [0.2, 0.25) is 0 Å². The molecular weight excluding hydrogens is 470 g/mol. The van der Waals surface area contributed by atoms with Crippen LogP contribution in [0.3, 0.4) is 0 Å². The molecule has 1 unspecified atom stereocenters. The summed E-state index contributed by atoms with van der Waals surface area (Å²) in [6, 6.07) is 9.29. The van der Waals surface area contributed by atoms with Crippen LogP contribution in [0.1, 0.15) is 32.2 Å². The normalized spacial score (nSPS) is 18.0. The van der Waals surface area contributed by atoms with Gasteiger partial charge in [0.05, 0.1) is 12.2 Å². The standard InChI is InChI=1S/C25H28F2N6O3/c1-16(35-21-6-4-5-17-14-25(2,3)36-23(17)21)24(34)32-11-9-31(10-12-32)15-22-28-29-30-33(22)18-7-8-19(26)20(27)13-18/h4-8,13,16H,9-12,14-15H2,1-3H3. The predicted molar refractivity (Wildman–Crippen MR) is 126 cm³/mol. The number of benzene rings is 2. The maximum Gasteiger partial charge on any atom is 0.263 e. The summed E-state index contributed by atoms with van der Waals surface area (Å²) in [7, 11) is 0. The molecule has 0 radical (unpaired) electrons. The smallest absolute Gasteiger partial charge is 0.263 e. The minimum Gasteiger partial charge on any atom is -0.483 e. The first-order valence-corrected chi connectivity index (χ1v) is 11.9. The zero-order chi connectivity index (χ0) is 25.4. The van der Waals surface area contributed by atoms with Gasteiger partial charge in [0.25, 0.3) is 5.91 Å². The number of amides is 1. The summed E-state index contributed by atoms with van der Waals surface area (Å²) in [5, 5.41) is 11.6. The van der Waals surface area contributed by atoms with Gasteiger partial charge >= 0.3 is 0 Å². The highest BCUT2D eigenvalue weighted by molar-refractivity contribution is 5.81. The molecule has 0 bridgehead atoms. The van der Waals surface area contributed by atoms with Gasteiger partial charge in [-0.05, 0) is 49.4 Å². The molecule has 1 atom stereocenters. The highest BCUT2D eigenvalue weighted by Gasteiger charge is 2.34. The Labute approximate surface area is 207 Å². The molecule has 0 N–H and O–H groups in total. The summed E-state index contributed by atoms with van der Waals surface area (Å²) in [5.74, 6) is -0.185. The number of piperazine rings is 1. The summed E-state index contributed by atoms with van der Waals surface area (Å²) >= 11 is 0. The monoisotopic (exact) mass is 498 g/mol. The SMILES string of the molecule is CC(Oc1cccc2c1OC(C)(C)C2)C(=O)N1CCN(Cc2nnnn2-c2ccc(F)c(F)c2)CC1. The molecule has 2 aliphatic heterocycles. The van der Waals surface area contributed by atoms with Crippen molar-refractivity contribution in [1.29, 1.82) is 0 Å². The largest absolute Gasteiger partial charge is 0.483 e. The van der Waals surface area contributed by atoms with Crippen LogP contribution in [0.4, 0.5) is 8.78 Å². The second kappa shape index (κ2) is 9.45. The minimum absolute atomic E-state index is 0.0869. The summed E-state index contributed by atoms with van der Waals surface area (Å²) in [6.07, 6.45) is 0.138. The number of halogens is 2. The van der Waals surface area contributed by atoms with E-state index >= 15 is 0 Å². The lowest BCUT2D eigenvalue weighted by atomic mass is 10.0. The van der Waals surface area contributed by atoms with E-state index in [4.69, 9.17) is 9.47 Å². The molecular formula is C25H28F2N6O3. The first-order chi connectivity index (χ1) is 17.2. The van der Waals surface area contributed by atoms with Crippen molar-refractivity contribution in [3.8, 4) is 17.2 Å². The summed E-state index contributed by atoms with van der Waals surface area (Å²) < 4.78 is 40.4. The third-order valence-corrected chi connectivity index (χ3v) is 6.44. The molecule has 3 aromatic rings. The molecule has 11 heteroatoms. The van der Waals surface area contributed by atoms with Crippen LogP contribution in [-0.2, 0) is 17.8 Å². The topological polar surface area (TPSA) is 85.6 Å². The minimum atomic E-state index is -0.965. The molecule has 36 heavy (non-hydrogen) atoms. The fourth-order valence-electron chi connectivity index (χ4n) is 4.63. The van der Waals surface area contributed by atoms with Crippen molar-refractivity contribution in [2.24, 2.45) is 0 Å². The number of hydrogen-bond acceptors (Lipinski definition) is 7. The van der Waals surface area contributed by atoms with Gasteiger partial charge in [-0.15, -0.1) is 5.10 Å². The fourth-order valence-corrected chi connectivity index (χ4v) is 4.63. The van der Waals surface area contributed by atoms with E-state index < -0.39 is 17.7 Å². The van der Waals surface area contributed by atoms with Crippen molar-refractivity contribution in [1.82, 2.24) is 30.0 Å². The highest BCUT2D eigenvalue weighted by atomic mass is 19.2. The first kappa shape index (κ1) is 24.1. The zero-order valence-corrected chi connectivity index (χ0v) is 20.4. The van der Waals surface area contributed by atoms with E-state index in [1.807, 2.05) is 32.0 Å². The quantitative estimate of drug-likeness (QED) is 0.517. The lowest BCUT2D eigenvalue weighted by Gasteiger charge is -2.35. The van der Waals surface area contributed by atoms with Gasteiger partial charge in [0, 0.05) is 44.2 Å². The maximum atomic E-state index is 13.7. The number of ether oxygens (including phenoxy) is 2. The number of fused-ring (bicyclic) bond motifs is 1. The molecule has 2 aliphatic rings. The Morgan fingerprint density at radius 2 is 1.92 bits per heavy atom. The van der Waals surface area contributed by atoms with Crippen LogP contribution < -0.4 is 9.47 Å². The van der Waals surface area contributed by atoms with Gasteiger partial charge in [0.1, 0.15) is 5.60 Å². The number of tetrazole rings is 1. The fraction of sp³-hybridized carbons (Fsp3) is 0.440. The molecule has 3 heterocycles. The molecule has 0 spiro atoms. The summed E-state index contributed by atoms with van der Waals surface area (Å²) in [5.41, 5.74) is 1.13. The maximum absolute atomic E-state index is 13.7. The Morgan fingerprint density at radius 3 is 2.67 bits per heavy atom. The lowest BCUT2D eigenvalue weighted by Crippen LogP contribution is -2.51.